The number of H-pyrrole nitrogens is 1. The predicted octanol–water partition coefficient (Wildman–Crippen LogP) is 3.38. The highest BCUT2D eigenvalue weighted by Gasteiger charge is 2.31. The predicted molar refractivity (Wildman–Crippen MR) is 128 cm³/mol. The summed E-state index contributed by atoms with van der Waals surface area (Å²) in [5.41, 5.74) is 7.46. The number of likely N-dealkylation sites (N-methyl/N-ethyl adjacent to an activating group) is 1. The maximum Gasteiger partial charge on any atom is 0.417 e. The van der Waals surface area contributed by atoms with Crippen molar-refractivity contribution in [3.05, 3.63) is 54.1 Å². The van der Waals surface area contributed by atoms with Gasteiger partial charge in [-0.15, -0.1) is 0 Å². The van der Waals surface area contributed by atoms with Crippen molar-refractivity contribution in [1.82, 2.24) is 29.8 Å². The zero-order valence-corrected chi connectivity index (χ0v) is 19.0. The van der Waals surface area contributed by atoms with Gasteiger partial charge in [0, 0.05) is 62.3 Å². The van der Waals surface area contributed by atoms with Crippen LogP contribution in [0.1, 0.15) is 11.1 Å². The topological polar surface area (TPSA) is 112 Å². The lowest BCUT2D eigenvalue weighted by Gasteiger charge is -2.33. The molecule has 9 nitrogen and oxygen atoms in total. The molecule has 1 aliphatic rings. The van der Waals surface area contributed by atoms with Crippen LogP contribution >= 0.6 is 0 Å². The van der Waals surface area contributed by atoms with Gasteiger partial charge in [0.05, 0.1) is 17.4 Å². The fourth-order valence-corrected chi connectivity index (χ4v) is 3.97. The molecule has 1 fully saturated rings. The van der Waals surface area contributed by atoms with Crippen LogP contribution in [0.25, 0.3) is 22.3 Å². The Morgan fingerprint density at radius 3 is 2.57 bits per heavy atom. The van der Waals surface area contributed by atoms with Crippen molar-refractivity contribution in [2.24, 2.45) is 0 Å². The number of aromatic amines is 1. The second kappa shape index (κ2) is 9.02. The Hall–Kier alpha value is -3.93. The minimum absolute atomic E-state index is 0.243. The number of nitrogens with zero attached hydrogens (tertiary/aromatic N) is 6. The number of alkyl halides is 3. The van der Waals surface area contributed by atoms with Gasteiger partial charge in [-0.05, 0) is 24.7 Å². The molecular weight excluding hydrogens is 459 g/mol. The molecule has 4 N–H and O–H groups in total. The number of piperazine rings is 1. The Morgan fingerprint density at radius 1 is 1.06 bits per heavy atom. The molecule has 0 aliphatic carbocycles. The molecule has 0 unspecified atom stereocenters. The number of hydrogen-bond donors (Lipinski definition) is 3. The minimum atomic E-state index is -4.51. The highest BCUT2D eigenvalue weighted by molar-refractivity contribution is 5.95. The lowest BCUT2D eigenvalue weighted by molar-refractivity contribution is -0.137. The molecule has 1 saturated heterocycles. The molecule has 35 heavy (non-hydrogen) atoms. The van der Waals surface area contributed by atoms with Crippen LogP contribution in [-0.4, -0.2) is 63.0 Å². The van der Waals surface area contributed by atoms with Crippen molar-refractivity contribution in [2.45, 2.75) is 12.7 Å². The largest absolute Gasteiger partial charge is 0.417 e. The summed E-state index contributed by atoms with van der Waals surface area (Å²) < 4.78 is 39.6. The maximum atomic E-state index is 13.2. The second-order valence-corrected chi connectivity index (χ2v) is 8.49. The van der Waals surface area contributed by atoms with Crippen LogP contribution in [-0.2, 0) is 12.7 Å². The standard InChI is InChI=1S/C23H24F3N9/c1-34-4-6-35(7-5-34)19-3-2-14(9-28-19)10-31-22-32-13-18(27)20(33-22)17-12-30-21-16(17)8-15(11-29-21)23(24,25)26/h2-3,8-9,11-13H,4-7,10,27H2,1H3,(H,29,30)(H,31,32,33). The molecule has 0 atom stereocenters. The fourth-order valence-electron chi connectivity index (χ4n) is 3.97. The molecule has 182 valence electrons. The van der Waals surface area contributed by atoms with Crippen LogP contribution in [0.3, 0.4) is 0 Å². The van der Waals surface area contributed by atoms with E-state index < -0.39 is 11.7 Å². The van der Waals surface area contributed by atoms with E-state index in [0.29, 0.717) is 29.4 Å². The summed E-state index contributed by atoms with van der Waals surface area (Å²) in [5.74, 6) is 1.24. The molecular formula is C23H24F3N9. The third-order valence-corrected chi connectivity index (χ3v) is 6.02. The first-order valence-electron chi connectivity index (χ1n) is 11.1. The third kappa shape index (κ3) is 4.83. The van der Waals surface area contributed by atoms with E-state index in [4.69, 9.17) is 5.73 Å². The summed E-state index contributed by atoms with van der Waals surface area (Å²) in [5, 5.41) is 3.41. The molecule has 12 heteroatoms. The van der Waals surface area contributed by atoms with Crippen LogP contribution in [0, 0.1) is 0 Å². The van der Waals surface area contributed by atoms with E-state index in [1.165, 1.54) is 6.20 Å². The summed E-state index contributed by atoms with van der Waals surface area (Å²) in [7, 11) is 2.11. The number of aromatic nitrogens is 5. The van der Waals surface area contributed by atoms with Gasteiger partial charge in [-0.2, -0.15) is 13.2 Å². The summed E-state index contributed by atoms with van der Waals surface area (Å²) in [6.45, 7) is 4.32. The average Bonchev–Trinajstić information content (AvgIpc) is 3.27. The van der Waals surface area contributed by atoms with Gasteiger partial charge >= 0.3 is 6.18 Å². The second-order valence-electron chi connectivity index (χ2n) is 8.49. The molecule has 4 aromatic heterocycles. The number of nitrogen functional groups attached to an aromatic ring is 1. The number of anilines is 3. The van der Waals surface area contributed by atoms with Crippen molar-refractivity contribution in [3.63, 3.8) is 0 Å². The Balaban J connectivity index is 1.33. The van der Waals surface area contributed by atoms with E-state index in [-0.39, 0.29) is 11.1 Å². The van der Waals surface area contributed by atoms with Crippen LogP contribution in [0.15, 0.2) is 43.0 Å². The summed E-state index contributed by atoms with van der Waals surface area (Å²) >= 11 is 0. The lowest BCUT2D eigenvalue weighted by Crippen LogP contribution is -2.44. The molecule has 5 heterocycles. The first-order valence-corrected chi connectivity index (χ1v) is 11.1. The molecule has 0 amide bonds. The molecule has 0 spiro atoms. The number of nitrogens with one attached hydrogen (secondary N) is 2. The van der Waals surface area contributed by atoms with Crippen molar-refractivity contribution >= 4 is 28.5 Å². The first kappa shape index (κ1) is 22.8. The van der Waals surface area contributed by atoms with E-state index in [9.17, 15) is 13.2 Å². The number of hydrogen-bond acceptors (Lipinski definition) is 8. The smallest absolute Gasteiger partial charge is 0.396 e. The zero-order chi connectivity index (χ0) is 24.6. The number of nitrogens with two attached hydrogens (primary N) is 1. The Morgan fingerprint density at radius 2 is 1.86 bits per heavy atom. The highest BCUT2D eigenvalue weighted by atomic mass is 19.4. The van der Waals surface area contributed by atoms with E-state index in [0.717, 1.165) is 49.8 Å². The fraction of sp³-hybridized carbons (Fsp3) is 0.304. The van der Waals surface area contributed by atoms with Gasteiger partial charge in [-0.25, -0.2) is 19.9 Å². The Labute approximate surface area is 199 Å². The SMILES string of the molecule is CN1CCN(c2ccc(CNc3ncc(N)c(-c4c[nH]c5ncc(C(F)(F)F)cc45)n3)cn2)CC1. The minimum Gasteiger partial charge on any atom is -0.396 e. The Kier molecular flexibility index (Phi) is 5.89. The lowest BCUT2D eigenvalue weighted by atomic mass is 10.1. The van der Waals surface area contributed by atoms with Crippen molar-refractivity contribution in [1.29, 1.82) is 0 Å². The van der Waals surface area contributed by atoms with Gasteiger partial charge < -0.3 is 25.8 Å². The summed E-state index contributed by atoms with van der Waals surface area (Å²) in [6, 6.07) is 5.03. The van der Waals surface area contributed by atoms with Gasteiger partial charge in [0.15, 0.2) is 0 Å². The molecule has 0 saturated carbocycles. The van der Waals surface area contributed by atoms with E-state index >= 15 is 0 Å². The molecule has 1 aliphatic heterocycles. The van der Waals surface area contributed by atoms with Gasteiger partial charge in [0.1, 0.15) is 17.2 Å². The zero-order valence-electron chi connectivity index (χ0n) is 19.0. The number of halogens is 3. The van der Waals surface area contributed by atoms with Gasteiger partial charge in [0.25, 0.3) is 0 Å². The van der Waals surface area contributed by atoms with Crippen LogP contribution in [0.2, 0.25) is 0 Å². The number of rotatable bonds is 5. The highest BCUT2D eigenvalue weighted by Crippen LogP contribution is 2.35. The van der Waals surface area contributed by atoms with Crippen molar-refractivity contribution < 1.29 is 13.2 Å². The van der Waals surface area contributed by atoms with E-state index in [2.05, 4.69) is 47.1 Å². The summed E-state index contributed by atoms with van der Waals surface area (Å²) in [4.78, 5) is 24.5. The number of pyridine rings is 2. The molecule has 0 bridgehead atoms. The maximum absolute atomic E-state index is 13.2. The van der Waals surface area contributed by atoms with Crippen LogP contribution < -0.4 is 16.0 Å². The molecule has 5 rings (SSSR count). The molecule has 0 aromatic carbocycles. The van der Waals surface area contributed by atoms with Gasteiger partial charge in [-0.1, -0.05) is 6.07 Å². The first-order chi connectivity index (χ1) is 16.8. The normalized spacial score (nSPS) is 15.0. The monoisotopic (exact) mass is 483 g/mol. The van der Waals surface area contributed by atoms with Gasteiger partial charge in [-0.3, -0.25) is 0 Å². The quantitative estimate of drug-likeness (QED) is 0.396. The molecule has 4 aromatic rings. The van der Waals surface area contributed by atoms with Crippen molar-refractivity contribution in [3.8, 4) is 11.3 Å². The Bertz CT molecular complexity index is 1330. The van der Waals surface area contributed by atoms with E-state index in [1.54, 1.807) is 6.20 Å². The average molecular weight is 484 g/mol. The molecule has 0 radical (unpaired) electrons. The van der Waals surface area contributed by atoms with Gasteiger partial charge in [0.2, 0.25) is 5.95 Å². The van der Waals surface area contributed by atoms with Crippen molar-refractivity contribution in [2.75, 3.05) is 49.2 Å². The van der Waals surface area contributed by atoms with Crippen LogP contribution in [0.5, 0.6) is 0 Å². The third-order valence-electron chi connectivity index (χ3n) is 6.02. The number of fused-ring (bicyclic) bond motifs is 1. The van der Waals surface area contributed by atoms with Crippen LogP contribution in [0.4, 0.5) is 30.6 Å². The summed E-state index contributed by atoms with van der Waals surface area (Å²) in [6.07, 6.45) is 1.07. The van der Waals surface area contributed by atoms with E-state index in [1.807, 2.05) is 18.3 Å².